The molecule has 1 N–H and O–H groups in total. The minimum atomic E-state index is -0.405. The fourth-order valence-electron chi connectivity index (χ4n) is 3.05. The van der Waals surface area contributed by atoms with E-state index in [1.807, 2.05) is 42.5 Å². The second-order valence-electron chi connectivity index (χ2n) is 6.58. The van der Waals surface area contributed by atoms with Crippen LogP contribution in [0.2, 0.25) is 0 Å². The van der Waals surface area contributed by atoms with Crippen molar-refractivity contribution in [2.45, 2.75) is 0 Å². The third-order valence-electron chi connectivity index (χ3n) is 4.60. The second-order valence-corrected chi connectivity index (χ2v) is 6.58. The van der Waals surface area contributed by atoms with Gasteiger partial charge in [-0.25, -0.2) is 0 Å². The van der Waals surface area contributed by atoms with Gasteiger partial charge in [0, 0.05) is 29.4 Å². The number of imide groups is 1. The molecule has 5 nitrogen and oxygen atoms in total. The molecule has 1 heterocycles. The Morgan fingerprint density at radius 2 is 1.48 bits per heavy atom. The van der Waals surface area contributed by atoms with Crippen LogP contribution in [0.25, 0.3) is 0 Å². The molecule has 0 saturated carbocycles. The fourth-order valence-corrected chi connectivity index (χ4v) is 3.05. The van der Waals surface area contributed by atoms with Gasteiger partial charge in [0.1, 0.15) is 0 Å². The first-order valence-electron chi connectivity index (χ1n) is 8.98. The zero-order valence-electron chi connectivity index (χ0n) is 15.6. The average molecular weight is 380 g/mol. The molecule has 3 amide bonds. The molecule has 1 aliphatic heterocycles. The van der Waals surface area contributed by atoms with E-state index < -0.39 is 5.91 Å². The Morgan fingerprint density at radius 1 is 0.793 bits per heavy atom. The zero-order chi connectivity index (χ0) is 20.4. The van der Waals surface area contributed by atoms with Crippen molar-refractivity contribution in [2.24, 2.45) is 0 Å². The van der Waals surface area contributed by atoms with Crippen LogP contribution in [0.1, 0.15) is 42.2 Å². The van der Waals surface area contributed by atoms with Crippen LogP contribution in [-0.4, -0.2) is 29.7 Å². The van der Waals surface area contributed by atoms with E-state index in [1.165, 1.54) is 25.2 Å². The highest BCUT2D eigenvalue weighted by atomic mass is 16.2. The molecular weight excluding hydrogens is 364 g/mol. The van der Waals surface area contributed by atoms with Crippen LogP contribution in [0.15, 0.2) is 72.8 Å². The molecule has 0 bridgehead atoms. The monoisotopic (exact) mass is 380 g/mol. The molecule has 5 heteroatoms. The highest BCUT2D eigenvalue weighted by Crippen LogP contribution is 2.23. The summed E-state index contributed by atoms with van der Waals surface area (Å²) in [6, 6.07) is 21.4. The van der Waals surface area contributed by atoms with Crippen molar-refractivity contribution in [1.29, 1.82) is 0 Å². The summed E-state index contributed by atoms with van der Waals surface area (Å²) < 4.78 is 0. The van der Waals surface area contributed by atoms with E-state index >= 15 is 0 Å². The lowest BCUT2D eigenvalue weighted by molar-refractivity contribution is 0.0693. The number of carbonyl (C=O) groups is 3. The van der Waals surface area contributed by atoms with Crippen LogP contribution in [-0.2, 0) is 0 Å². The van der Waals surface area contributed by atoms with Gasteiger partial charge in [0.15, 0.2) is 0 Å². The normalized spacial score (nSPS) is 12.2. The van der Waals surface area contributed by atoms with Gasteiger partial charge in [0.25, 0.3) is 17.7 Å². The van der Waals surface area contributed by atoms with Gasteiger partial charge in [-0.05, 0) is 48.5 Å². The van der Waals surface area contributed by atoms with Crippen molar-refractivity contribution >= 4 is 23.4 Å². The molecule has 0 spiro atoms. The number of fused-ring (bicyclic) bond motifs is 1. The summed E-state index contributed by atoms with van der Waals surface area (Å²) in [5, 5.41) is 2.81. The maximum atomic E-state index is 12.6. The number of hydrogen-bond acceptors (Lipinski definition) is 3. The predicted molar refractivity (Wildman–Crippen MR) is 110 cm³/mol. The lowest BCUT2D eigenvalue weighted by Gasteiger charge is -2.06. The lowest BCUT2D eigenvalue weighted by Crippen LogP contribution is -2.24. The van der Waals surface area contributed by atoms with E-state index in [0.717, 1.165) is 16.0 Å². The molecule has 0 radical (unpaired) electrons. The largest absolute Gasteiger partial charge is 0.322 e. The summed E-state index contributed by atoms with van der Waals surface area (Å²) in [7, 11) is 1.42. The summed E-state index contributed by atoms with van der Waals surface area (Å²) in [5.74, 6) is 5.02. The van der Waals surface area contributed by atoms with Crippen molar-refractivity contribution in [2.75, 3.05) is 12.4 Å². The van der Waals surface area contributed by atoms with E-state index in [2.05, 4.69) is 17.2 Å². The van der Waals surface area contributed by atoms with Gasteiger partial charge in [-0.15, -0.1) is 0 Å². The summed E-state index contributed by atoms with van der Waals surface area (Å²) in [6.07, 6.45) is 0. The first-order chi connectivity index (χ1) is 14.0. The van der Waals surface area contributed by atoms with Crippen molar-refractivity contribution in [1.82, 2.24) is 4.90 Å². The molecule has 0 fully saturated rings. The van der Waals surface area contributed by atoms with Crippen molar-refractivity contribution in [3.8, 4) is 11.8 Å². The molecule has 0 unspecified atom stereocenters. The maximum Gasteiger partial charge on any atom is 0.261 e. The van der Waals surface area contributed by atoms with Crippen LogP contribution in [0, 0.1) is 11.8 Å². The first-order valence-corrected chi connectivity index (χ1v) is 8.98. The maximum absolute atomic E-state index is 12.6. The molecule has 140 valence electrons. The van der Waals surface area contributed by atoms with Gasteiger partial charge in [-0.2, -0.15) is 0 Å². The van der Waals surface area contributed by atoms with E-state index in [-0.39, 0.29) is 17.4 Å². The first kappa shape index (κ1) is 18.2. The highest BCUT2D eigenvalue weighted by molar-refractivity contribution is 6.22. The molecule has 29 heavy (non-hydrogen) atoms. The van der Waals surface area contributed by atoms with Crippen LogP contribution in [0.4, 0.5) is 5.69 Å². The second kappa shape index (κ2) is 7.45. The van der Waals surface area contributed by atoms with Crippen LogP contribution >= 0.6 is 0 Å². The fraction of sp³-hybridized carbons (Fsp3) is 0.0417. The van der Waals surface area contributed by atoms with E-state index in [1.54, 1.807) is 12.1 Å². The number of anilines is 1. The Labute approximate surface area is 168 Å². The Kier molecular flexibility index (Phi) is 4.68. The summed E-state index contributed by atoms with van der Waals surface area (Å²) >= 11 is 0. The third-order valence-corrected chi connectivity index (χ3v) is 4.60. The van der Waals surface area contributed by atoms with Gasteiger partial charge >= 0.3 is 0 Å². The molecule has 0 aliphatic carbocycles. The molecule has 0 atom stereocenters. The van der Waals surface area contributed by atoms with Crippen LogP contribution in [0.3, 0.4) is 0 Å². The summed E-state index contributed by atoms with van der Waals surface area (Å²) in [5.41, 5.74) is 3.13. The molecule has 1 aliphatic rings. The minimum Gasteiger partial charge on any atom is -0.322 e. The smallest absolute Gasteiger partial charge is 0.261 e. The van der Waals surface area contributed by atoms with Crippen molar-refractivity contribution in [3.63, 3.8) is 0 Å². The zero-order valence-corrected chi connectivity index (χ0v) is 15.6. The minimum absolute atomic E-state index is 0.243. The number of nitrogens with zero attached hydrogens (tertiary/aromatic N) is 1. The number of amides is 3. The van der Waals surface area contributed by atoms with Crippen molar-refractivity contribution < 1.29 is 14.4 Å². The van der Waals surface area contributed by atoms with E-state index in [9.17, 15) is 14.4 Å². The Morgan fingerprint density at radius 3 is 2.28 bits per heavy atom. The van der Waals surface area contributed by atoms with Gasteiger partial charge in [0.05, 0.1) is 11.1 Å². The molecule has 3 aromatic rings. The van der Waals surface area contributed by atoms with Gasteiger partial charge in [-0.3, -0.25) is 19.3 Å². The van der Waals surface area contributed by atoms with Crippen molar-refractivity contribution in [3.05, 3.63) is 101 Å². The highest BCUT2D eigenvalue weighted by Gasteiger charge is 2.33. The van der Waals surface area contributed by atoms with Gasteiger partial charge in [0.2, 0.25) is 0 Å². The standard InChI is InChI=1S/C24H16N2O3/c1-26-23(28)20-13-12-18(15-21(20)24(26)29)22(27)25-19-9-5-8-17(14-19)11-10-16-6-3-2-4-7-16/h2-9,12-15H,1H3,(H,25,27). The van der Waals surface area contributed by atoms with Crippen LogP contribution in [0.5, 0.6) is 0 Å². The number of rotatable bonds is 2. The van der Waals surface area contributed by atoms with Gasteiger partial charge in [-0.1, -0.05) is 36.1 Å². The average Bonchev–Trinajstić information content (AvgIpc) is 2.97. The number of nitrogens with one attached hydrogen (secondary N) is 1. The third kappa shape index (κ3) is 3.64. The molecular formula is C24H16N2O3. The lowest BCUT2D eigenvalue weighted by atomic mass is 10.1. The van der Waals surface area contributed by atoms with Gasteiger partial charge < -0.3 is 5.32 Å². The molecule has 4 rings (SSSR count). The SMILES string of the molecule is CN1C(=O)c2ccc(C(=O)Nc3cccc(C#Cc4ccccc4)c3)cc2C1=O. The summed E-state index contributed by atoms with van der Waals surface area (Å²) in [4.78, 5) is 37.8. The Balaban J connectivity index is 1.54. The molecule has 0 aromatic heterocycles. The van der Waals surface area contributed by atoms with E-state index in [4.69, 9.17) is 0 Å². The Bertz CT molecular complexity index is 1200. The topological polar surface area (TPSA) is 66.5 Å². The van der Waals surface area contributed by atoms with Crippen LogP contribution < -0.4 is 5.32 Å². The van der Waals surface area contributed by atoms with E-state index in [0.29, 0.717) is 16.8 Å². The Hall–Kier alpha value is -4.17. The molecule has 3 aromatic carbocycles. The summed E-state index contributed by atoms with van der Waals surface area (Å²) in [6.45, 7) is 0. The molecule has 0 saturated heterocycles. The number of hydrogen-bond donors (Lipinski definition) is 1. The number of benzene rings is 3. The number of carbonyl (C=O) groups excluding carboxylic acids is 3. The predicted octanol–water partition coefficient (Wildman–Crippen LogP) is 3.56. The quantitative estimate of drug-likeness (QED) is 0.546.